The zero-order valence-electron chi connectivity index (χ0n) is 14.1. The summed E-state index contributed by atoms with van der Waals surface area (Å²) in [6.07, 6.45) is 4.61. The van der Waals surface area contributed by atoms with E-state index in [4.69, 9.17) is 4.74 Å². The third kappa shape index (κ3) is 4.10. The standard InChI is InChI=1S/C18H26N4O/c1-3-4-12-23-16-9-7-15(8-10-16)13-22-11-5-6-17(22)18-19-14(2)20-21-18/h7-10,17H,3-6,11-13H2,1-2H3,(H,19,20,21)/t17-/m1/s1. The molecule has 3 rings (SSSR count). The summed E-state index contributed by atoms with van der Waals surface area (Å²) in [4.78, 5) is 6.98. The van der Waals surface area contributed by atoms with E-state index in [0.29, 0.717) is 6.04 Å². The van der Waals surface area contributed by atoms with E-state index in [-0.39, 0.29) is 0 Å². The lowest BCUT2D eigenvalue weighted by Crippen LogP contribution is -2.23. The van der Waals surface area contributed by atoms with Crippen molar-refractivity contribution in [2.75, 3.05) is 13.2 Å². The van der Waals surface area contributed by atoms with Crippen molar-refractivity contribution in [3.8, 4) is 5.75 Å². The SMILES string of the molecule is CCCCOc1ccc(CN2CCC[C@@H]2c2n[nH]c(C)n2)cc1. The zero-order valence-corrected chi connectivity index (χ0v) is 14.1. The number of aryl methyl sites for hydroxylation is 1. The third-order valence-corrected chi connectivity index (χ3v) is 4.35. The van der Waals surface area contributed by atoms with Crippen LogP contribution >= 0.6 is 0 Å². The van der Waals surface area contributed by atoms with Crippen molar-refractivity contribution in [3.05, 3.63) is 41.5 Å². The Hall–Kier alpha value is -1.88. The highest BCUT2D eigenvalue weighted by Crippen LogP contribution is 2.31. The summed E-state index contributed by atoms with van der Waals surface area (Å²) in [5.41, 5.74) is 1.31. The molecule has 1 aliphatic heterocycles. The van der Waals surface area contributed by atoms with Gasteiger partial charge in [-0.1, -0.05) is 25.5 Å². The lowest BCUT2D eigenvalue weighted by Gasteiger charge is -2.22. The van der Waals surface area contributed by atoms with Gasteiger partial charge in [-0.05, 0) is 50.4 Å². The van der Waals surface area contributed by atoms with Crippen molar-refractivity contribution >= 4 is 0 Å². The average Bonchev–Trinajstić information content (AvgIpc) is 3.18. The van der Waals surface area contributed by atoms with Gasteiger partial charge in [-0.3, -0.25) is 10.00 Å². The Balaban J connectivity index is 1.59. The van der Waals surface area contributed by atoms with E-state index in [1.54, 1.807) is 0 Å². The summed E-state index contributed by atoms with van der Waals surface area (Å²) >= 11 is 0. The van der Waals surface area contributed by atoms with Crippen LogP contribution in [-0.2, 0) is 6.54 Å². The fourth-order valence-electron chi connectivity index (χ4n) is 3.08. The lowest BCUT2D eigenvalue weighted by atomic mass is 10.1. The minimum Gasteiger partial charge on any atom is -0.494 e. The predicted octanol–water partition coefficient (Wildman–Crippen LogP) is 3.63. The number of nitrogens with zero attached hydrogens (tertiary/aromatic N) is 3. The van der Waals surface area contributed by atoms with Crippen LogP contribution in [0, 0.1) is 6.92 Å². The molecule has 0 amide bonds. The quantitative estimate of drug-likeness (QED) is 0.793. The van der Waals surface area contributed by atoms with Crippen molar-refractivity contribution in [1.82, 2.24) is 20.1 Å². The van der Waals surface area contributed by atoms with Crippen molar-refractivity contribution in [2.45, 2.75) is 52.1 Å². The topological polar surface area (TPSA) is 54.0 Å². The molecule has 1 aromatic carbocycles. The van der Waals surface area contributed by atoms with E-state index in [0.717, 1.165) is 56.4 Å². The van der Waals surface area contributed by atoms with Crippen LogP contribution in [0.25, 0.3) is 0 Å². The second kappa shape index (κ2) is 7.59. The van der Waals surface area contributed by atoms with Crippen LogP contribution in [0.3, 0.4) is 0 Å². The molecule has 5 nitrogen and oxygen atoms in total. The molecule has 2 aromatic rings. The summed E-state index contributed by atoms with van der Waals surface area (Å²) in [7, 11) is 0. The van der Waals surface area contributed by atoms with Gasteiger partial charge in [0.05, 0.1) is 12.6 Å². The van der Waals surface area contributed by atoms with Crippen LogP contribution in [-0.4, -0.2) is 33.2 Å². The van der Waals surface area contributed by atoms with Crippen molar-refractivity contribution < 1.29 is 4.74 Å². The van der Waals surface area contributed by atoms with Crippen LogP contribution in [0.5, 0.6) is 5.75 Å². The smallest absolute Gasteiger partial charge is 0.167 e. The number of hydrogen-bond acceptors (Lipinski definition) is 4. The van der Waals surface area contributed by atoms with Gasteiger partial charge < -0.3 is 4.74 Å². The summed E-state index contributed by atoms with van der Waals surface area (Å²) in [6, 6.07) is 8.82. The molecule has 1 N–H and O–H groups in total. The molecule has 124 valence electrons. The minimum atomic E-state index is 0.334. The second-order valence-corrected chi connectivity index (χ2v) is 6.25. The fourth-order valence-corrected chi connectivity index (χ4v) is 3.08. The summed E-state index contributed by atoms with van der Waals surface area (Å²) in [6.45, 7) is 6.97. The first-order valence-corrected chi connectivity index (χ1v) is 8.61. The van der Waals surface area contributed by atoms with E-state index < -0.39 is 0 Å². The van der Waals surface area contributed by atoms with Gasteiger partial charge in [0.1, 0.15) is 11.6 Å². The van der Waals surface area contributed by atoms with E-state index in [9.17, 15) is 0 Å². The normalized spacial score (nSPS) is 18.4. The minimum absolute atomic E-state index is 0.334. The number of unbranched alkanes of at least 4 members (excludes halogenated alkanes) is 1. The lowest BCUT2D eigenvalue weighted by molar-refractivity contribution is 0.240. The number of nitrogens with one attached hydrogen (secondary N) is 1. The molecule has 0 spiro atoms. The highest BCUT2D eigenvalue weighted by atomic mass is 16.5. The van der Waals surface area contributed by atoms with Crippen LogP contribution in [0.4, 0.5) is 0 Å². The Morgan fingerprint density at radius 1 is 1.30 bits per heavy atom. The van der Waals surface area contributed by atoms with E-state index in [2.05, 4.69) is 51.3 Å². The molecule has 0 aliphatic carbocycles. The third-order valence-electron chi connectivity index (χ3n) is 4.35. The van der Waals surface area contributed by atoms with Crippen molar-refractivity contribution in [3.63, 3.8) is 0 Å². The Kier molecular flexibility index (Phi) is 5.28. The molecular formula is C18H26N4O. The molecule has 0 unspecified atom stereocenters. The monoisotopic (exact) mass is 314 g/mol. The molecule has 0 saturated carbocycles. The Morgan fingerprint density at radius 3 is 2.83 bits per heavy atom. The highest BCUT2D eigenvalue weighted by molar-refractivity contribution is 5.27. The van der Waals surface area contributed by atoms with Crippen LogP contribution in [0.1, 0.15) is 55.9 Å². The van der Waals surface area contributed by atoms with Gasteiger partial charge >= 0.3 is 0 Å². The van der Waals surface area contributed by atoms with Gasteiger partial charge in [0.2, 0.25) is 0 Å². The average molecular weight is 314 g/mol. The maximum Gasteiger partial charge on any atom is 0.167 e. The number of likely N-dealkylation sites (tertiary alicyclic amines) is 1. The van der Waals surface area contributed by atoms with E-state index in [1.807, 2.05) is 6.92 Å². The predicted molar refractivity (Wildman–Crippen MR) is 90.3 cm³/mol. The second-order valence-electron chi connectivity index (χ2n) is 6.25. The summed E-state index contributed by atoms with van der Waals surface area (Å²) in [5, 5.41) is 7.31. The van der Waals surface area contributed by atoms with Gasteiger partial charge in [-0.25, -0.2) is 4.98 Å². The summed E-state index contributed by atoms with van der Waals surface area (Å²) in [5.74, 6) is 2.78. The van der Waals surface area contributed by atoms with Crippen molar-refractivity contribution in [2.24, 2.45) is 0 Å². The van der Waals surface area contributed by atoms with E-state index >= 15 is 0 Å². The molecule has 0 bridgehead atoms. The van der Waals surface area contributed by atoms with Gasteiger partial charge in [-0.15, -0.1) is 0 Å². The van der Waals surface area contributed by atoms with Crippen LogP contribution < -0.4 is 4.74 Å². The maximum atomic E-state index is 5.73. The van der Waals surface area contributed by atoms with Crippen molar-refractivity contribution in [1.29, 1.82) is 0 Å². The Morgan fingerprint density at radius 2 is 2.13 bits per heavy atom. The molecule has 1 saturated heterocycles. The molecule has 1 aromatic heterocycles. The molecule has 23 heavy (non-hydrogen) atoms. The van der Waals surface area contributed by atoms with Gasteiger partial charge in [0, 0.05) is 6.54 Å². The zero-order chi connectivity index (χ0) is 16.1. The number of H-pyrrole nitrogens is 1. The molecule has 5 heteroatoms. The molecular weight excluding hydrogens is 288 g/mol. The Labute approximate surface area is 138 Å². The largest absolute Gasteiger partial charge is 0.494 e. The number of rotatable bonds is 7. The first-order chi connectivity index (χ1) is 11.3. The molecule has 0 radical (unpaired) electrons. The van der Waals surface area contributed by atoms with Gasteiger partial charge in [0.15, 0.2) is 5.82 Å². The molecule has 1 fully saturated rings. The van der Waals surface area contributed by atoms with E-state index in [1.165, 1.54) is 12.0 Å². The number of aromatic nitrogens is 3. The number of hydrogen-bond donors (Lipinski definition) is 1. The molecule has 1 atom stereocenters. The fraction of sp³-hybridized carbons (Fsp3) is 0.556. The van der Waals surface area contributed by atoms with Crippen LogP contribution in [0.2, 0.25) is 0 Å². The number of benzene rings is 1. The first kappa shape index (κ1) is 16.0. The molecule has 1 aliphatic rings. The molecule has 2 heterocycles. The maximum absolute atomic E-state index is 5.73. The number of aromatic amines is 1. The highest BCUT2D eigenvalue weighted by Gasteiger charge is 2.28. The Bertz CT molecular complexity index is 608. The summed E-state index contributed by atoms with van der Waals surface area (Å²) < 4.78 is 5.73. The van der Waals surface area contributed by atoms with Crippen LogP contribution in [0.15, 0.2) is 24.3 Å². The van der Waals surface area contributed by atoms with Gasteiger partial charge in [-0.2, -0.15) is 5.10 Å². The number of ether oxygens (including phenoxy) is 1. The van der Waals surface area contributed by atoms with Gasteiger partial charge in [0.25, 0.3) is 0 Å². The first-order valence-electron chi connectivity index (χ1n) is 8.61.